The summed E-state index contributed by atoms with van der Waals surface area (Å²) in [5, 5.41) is 3.75. The summed E-state index contributed by atoms with van der Waals surface area (Å²) >= 11 is 0. The Hall–Kier alpha value is -1.86. The van der Waals surface area contributed by atoms with Gasteiger partial charge in [-0.05, 0) is 44.0 Å². The van der Waals surface area contributed by atoms with Gasteiger partial charge in [-0.25, -0.2) is 13.1 Å². The molecule has 7 heteroatoms. The maximum Gasteiger partial charge on any atom is 0.241 e. The quantitative estimate of drug-likeness (QED) is 0.836. The van der Waals surface area contributed by atoms with Crippen LogP contribution in [0.1, 0.15) is 22.6 Å². The van der Waals surface area contributed by atoms with Gasteiger partial charge in [-0.1, -0.05) is 5.16 Å². The van der Waals surface area contributed by atoms with Crippen molar-refractivity contribution in [2.45, 2.75) is 32.2 Å². The molecule has 0 aliphatic rings. The molecule has 0 saturated heterocycles. The van der Waals surface area contributed by atoms with E-state index < -0.39 is 10.0 Å². The van der Waals surface area contributed by atoms with E-state index in [1.165, 1.54) is 0 Å². The first-order chi connectivity index (χ1) is 9.29. The first-order valence-corrected chi connectivity index (χ1v) is 7.56. The molecule has 0 aliphatic heterocycles. The molecule has 0 saturated carbocycles. The van der Waals surface area contributed by atoms with Gasteiger partial charge in [0.25, 0.3) is 0 Å². The molecule has 0 aliphatic carbocycles. The summed E-state index contributed by atoms with van der Waals surface area (Å²) < 4.78 is 32.1. The van der Waals surface area contributed by atoms with Gasteiger partial charge in [-0.2, -0.15) is 0 Å². The van der Waals surface area contributed by atoms with Crippen LogP contribution in [0, 0.1) is 20.8 Å². The van der Waals surface area contributed by atoms with Crippen LogP contribution in [0.4, 0.5) is 5.69 Å². The fourth-order valence-corrected chi connectivity index (χ4v) is 3.60. The molecule has 108 valence electrons. The van der Waals surface area contributed by atoms with Crippen LogP contribution < -0.4 is 10.5 Å². The Labute approximate surface area is 118 Å². The van der Waals surface area contributed by atoms with Gasteiger partial charge in [-0.3, -0.25) is 0 Å². The molecule has 3 N–H and O–H groups in total. The number of nitrogen functional groups attached to an aromatic ring is 1. The average Bonchev–Trinajstić information content (AvgIpc) is 2.71. The van der Waals surface area contributed by atoms with Crippen molar-refractivity contribution in [3.8, 4) is 0 Å². The fraction of sp³-hybridized carbons (Fsp3) is 0.308. The number of aromatic nitrogens is 1. The van der Waals surface area contributed by atoms with E-state index in [2.05, 4.69) is 9.88 Å². The van der Waals surface area contributed by atoms with E-state index in [0.717, 1.165) is 0 Å². The van der Waals surface area contributed by atoms with Crippen LogP contribution in [0.5, 0.6) is 0 Å². The van der Waals surface area contributed by atoms with Gasteiger partial charge in [-0.15, -0.1) is 0 Å². The number of aryl methyl sites for hydroxylation is 3. The monoisotopic (exact) mass is 295 g/mol. The zero-order chi connectivity index (χ0) is 14.9. The summed E-state index contributed by atoms with van der Waals surface area (Å²) in [5.41, 5.74) is 8.02. The molecular weight excluding hydrogens is 278 g/mol. The number of benzene rings is 1. The Morgan fingerprint density at radius 1 is 1.20 bits per heavy atom. The van der Waals surface area contributed by atoms with Crippen LogP contribution in [-0.4, -0.2) is 13.6 Å². The smallest absolute Gasteiger partial charge is 0.241 e. The standard InChI is InChI=1S/C13H17N3O3S/c1-8-4-11(14)5-9(2)13(8)20(17,18)15-7-12-6-10(3)19-16-12/h4-6,15H,7,14H2,1-3H3. The largest absolute Gasteiger partial charge is 0.399 e. The summed E-state index contributed by atoms with van der Waals surface area (Å²) in [6.07, 6.45) is 0. The fourth-order valence-electron chi connectivity index (χ4n) is 2.15. The number of nitrogens with zero attached hydrogens (tertiary/aromatic N) is 1. The third-order valence-corrected chi connectivity index (χ3v) is 4.58. The van der Waals surface area contributed by atoms with Crippen LogP contribution in [-0.2, 0) is 16.6 Å². The average molecular weight is 295 g/mol. The number of anilines is 1. The number of hydrogen-bond donors (Lipinski definition) is 2. The maximum absolute atomic E-state index is 12.4. The SMILES string of the molecule is Cc1cc(CNS(=O)(=O)c2c(C)cc(N)cc2C)no1. The number of rotatable bonds is 4. The van der Waals surface area contributed by atoms with E-state index in [9.17, 15) is 8.42 Å². The second-order valence-corrected chi connectivity index (χ2v) is 6.44. The van der Waals surface area contributed by atoms with Gasteiger partial charge in [0.1, 0.15) is 5.76 Å². The molecule has 2 aromatic rings. The summed E-state index contributed by atoms with van der Waals surface area (Å²) in [5.74, 6) is 0.638. The van der Waals surface area contributed by atoms with Crippen molar-refractivity contribution in [2.75, 3.05) is 5.73 Å². The van der Waals surface area contributed by atoms with E-state index in [1.54, 1.807) is 39.0 Å². The minimum atomic E-state index is -3.61. The molecular formula is C13H17N3O3S. The first kappa shape index (κ1) is 14.5. The molecule has 1 heterocycles. The zero-order valence-electron chi connectivity index (χ0n) is 11.6. The molecule has 1 aromatic carbocycles. The molecule has 1 aromatic heterocycles. The lowest BCUT2D eigenvalue weighted by molar-refractivity contribution is 0.390. The molecule has 0 unspecified atom stereocenters. The first-order valence-electron chi connectivity index (χ1n) is 6.08. The van der Waals surface area contributed by atoms with Crippen molar-refractivity contribution >= 4 is 15.7 Å². The normalized spacial score (nSPS) is 11.8. The number of nitrogens with two attached hydrogens (primary N) is 1. The molecule has 0 spiro atoms. The predicted octanol–water partition coefficient (Wildman–Crippen LogP) is 1.66. The van der Waals surface area contributed by atoms with Gasteiger partial charge in [0, 0.05) is 11.8 Å². The molecule has 0 radical (unpaired) electrons. The van der Waals surface area contributed by atoms with Crippen LogP contribution in [0.25, 0.3) is 0 Å². The molecule has 20 heavy (non-hydrogen) atoms. The van der Waals surface area contributed by atoms with Gasteiger partial charge < -0.3 is 10.3 Å². The molecule has 0 amide bonds. The molecule has 6 nitrogen and oxygen atoms in total. The molecule has 0 bridgehead atoms. The Bertz CT molecular complexity index is 712. The number of nitrogens with one attached hydrogen (secondary N) is 1. The molecule has 2 rings (SSSR count). The summed E-state index contributed by atoms with van der Waals surface area (Å²) in [4.78, 5) is 0.256. The highest BCUT2D eigenvalue weighted by Crippen LogP contribution is 2.23. The molecule has 0 fully saturated rings. The van der Waals surface area contributed by atoms with Crippen molar-refractivity contribution in [2.24, 2.45) is 0 Å². The third-order valence-electron chi connectivity index (χ3n) is 2.87. The molecule has 0 atom stereocenters. The second kappa shape index (κ2) is 5.26. The van der Waals surface area contributed by atoms with Crippen molar-refractivity contribution in [3.05, 3.63) is 40.8 Å². The highest BCUT2D eigenvalue weighted by molar-refractivity contribution is 7.89. The second-order valence-electron chi connectivity index (χ2n) is 4.74. The number of sulfonamides is 1. The van der Waals surface area contributed by atoms with E-state index in [0.29, 0.717) is 28.3 Å². The van der Waals surface area contributed by atoms with Crippen molar-refractivity contribution in [1.29, 1.82) is 0 Å². The highest BCUT2D eigenvalue weighted by atomic mass is 32.2. The van der Waals surface area contributed by atoms with E-state index >= 15 is 0 Å². The Morgan fingerprint density at radius 3 is 2.30 bits per heavy atom. The minimum absolute atomic E-state index is 0.0862. The summed E-state index contributed by atoms with van der Waals surface area (Å²) in [7, 11) is -3.61. The predicted molar refractivity (Wildman–Crippen MR) is 75.6 cm³/mol. The Kier molecular flexibility index (Phi) is 3.82. The van der Waals surface area contributed by atoms with Gasteiger partial charge >= 0.3 is 0 Å². The van der Waals surface area contributed by atoms with Crippen LogP contribution in [0.2, 0.25) is 0 Å². The Morgan fingerprint density at radius 2 is 1.80 bits per heavy atom. The zero-order valence-corrected chi connectivity index (χ0v) is 12.4. The van der Waals surface area contributed by atoms with E-state index in [-0.39, 0.29) is 11.4 Å². The Balaban J connectivity index is 2.27. The lowest BCUT2D eigenvalue weighted by Gasteiger charge is -2.12. The van der Waals surface area contributed by atoms with Crippen molar-refractivity contribution < 1.29 is 12.9 Å². The highest BCUT2D eigenvalue weighted by Gasteiger charge is 2.20. The lowest BCUT2D eigenvalue weighted by Crippen LogP contribution is -2.25. The van der Waals surface area contributed by atoms with Gasteiger partial charge in [0.15, 0.2) is 0 Å². The topological polar surface area (TPSA) is 98.2 Å². The van der Waals surface area contributed by atoms with Crippen molar-refractivity contribution in [1.82, 2.24) is 9.88 Å². The summed E-state index contributed by atoms with van der Waals surface area (Å²) in [6.45, 7) is 5.28. The maximum atomic E-state index is 12.4. The van der Waals surface area contributed by atoms with Crippen LogP contribution in [0.3, 0.4) is 0 Å². The van der Waals surface area contributed by atoms with Gasteiger partial charge in [0.2, 0.25) is 10.0 Å². The summed E-state index contributed by atoms with van der Waals surface area (Å²) in [6, 6.07) is 4.97. The van der Waals surface area contributed by atoms with Crippen molar-refractivity contribution in [3.63, 3.8) is 0 Å². The third kappa shape index (κ3) is 3.00. The van der Waals surface area contributed by atoms with Crippen LogP contribution in [0.15, 0.2) is 27.6 Å². The number of hydrogen-bond acceptors (Lipinski definition) is 5. The van der Waals surface area contributed by atoms with Crippen LogP contribution >= 0.6 is 0 Å². The van der Waals surface area contributed by atoms with E-state index in [4.69, 9.17) is 10.3 Å². The lowest BCUT2D eigenvalue weighted by atomic mass is 10.1. The van der Waals surface area contributed by atoms with E-state index in [1.807, 2.05) is 0 Å². The van der Waals surface area contributed by atoms with Gasteiger partial charge in [0.05, 0.1) is 17.1 Å². The minimum Gasteiger partial charge on any atom is -0.399 e.